The molecule has 0 atom stereocenters. The summed E-state index contributed by atoms with van der Waals surface area (Å²) in [4.78, 5) is 52.8. The molecular weight excluding hydrogens is 507 g/mol. The maximum atomic E-state index is 13.4. The number of rotatable bonds is 6. The van der Waals surface area contributed by atoms with Crippen molar-refractivity contribution in [3.05, 3.63) is 91.8 Å². The average Bonchev–Trinajstić information content (AvgIpc) is 2.87. The highest BCUT2D eigenvalue weighted by atomic mass is 19.4. The number of morpholine rings is 1. The molecule has 1 saturated heterocycles. The lowest BCUT2D eigenvalue weighted by molar-refractivity contribution is -0.138. The molecule has 2 aromatic carbocycles. The van der Waals surface area contributed by atoms with Crippen LogP contribution in [0, 0.1) is 6.92 Å². The second-order valence-corrected chi connectivity index (χ2v) is 8.51. The number of hydrogen-bond donors (Lipinski definition) is 0. The van der Waals surface area contributed by atoms with Crippen molar-refractivity contribution >= 4 is 17.6 Å². The van der Waals surface area contributed by atoms with Gasteiger partial charge in [0.05, 0.1) is 31.0 Å². The molecule has 0 radical (unpaired) electrons. The van der Waals surface area contributed by atoms with Gasteiger partial charge in [-0.15, -0.1) is 0 Å². The van der Waals surface area contributed by atoms with Crippen molar-refractivity contribution in [1.82, 2.24) is 9.13 Å². The average molecular weight is 531 g/mol. The van der Waals surface area contributed by atoms with Crippen molar-refractivity contribution in [2.75, 3.05) is 31.3 Å². The van der Waals surface area contributed by atoms with E-state index in [-0.39, 0.29) is 35.9 Å². The maximum absolute atomic E-state index is 13.4. The number of amides is 1. The molecule has 0 spiro atoms. The Bertz CT molecular complexity index is 1490. The van der Waals surface area contributed by atoms with Gasteiger partial charge in [-0.3, -0.25) is 18.7 Å². The summed E-state index contributed by atoms with van der Waals surface area (Å²) in [5, 5.41) is 0. The number of ether oxygens (including phenoxy) is 2. The van der Waals surface area contributed by atoms with Gasteiger partial charge in [-0.2, -0.15) is 13.2 Å². The number of nitrogens with zero attached hydrogens (tertiary/aromatic N) is 3. The van der Waals surface area contributed by atoms with Gasteiger partial charge in [0.1, 0.15) is 12.2 Å². The summed E-state index contributed by atoms with van der Waals surface area (Å²) in [6.07, 6.45) is -3.57. The summed E-state index contributed by atoms with van der Waals surface area (Å²) in [5.41, 5.74) is -2.42. The number of aromatic nitrogens is 2. The smallest absolute Gasteiger partial charge is 0.416 e. The number of esters is 1. The van der Waals surface area contributed by atoms with Crippen LogP contribution < -0.4 is 16.1 Å². The van der Waals surface area contributed by atoms with Crippen molar-refractivity contribution in [2.24, 2.45) is 0 Å². The topological polar surface area (TPSA) is 99.8 Å². The van der Waals surface area contributed by atoms with Crippen molar-refractivity contribution < 1.29 is 32.2 Å². The number of benzene rings is 2. The van der Waals surface area contributed by atoms with Crippen LogP contribution in [0.2, 0.25) is 0 Å². The molecule has 3 aromatic rings. The molecule has 2 heterocycles. The van der Waals surface area contributed by atoms with E-state index in [9.17, 15) is 32.3 Å². The van der Waals surface area contributed by atoms with Crippen molar-refractivity contribution in [3.8, 4) is 5.69 Å². The lowest BCUT2D eigenvalue weighted by Gasteiger charge is -2.27. The van der Waals surface area contributed by atoms with E-state index < -0.39 is 41.1 Å². The highest BCUT2D eigenvalue weighted by Gasteiger charge is 2.33. The summed E-state index contributed by atoms with van der Waals surface area (Å²) >= 11 is 0. The van der Waals surface area contributed by atoms with Crippen LogP contribution in [0.3, 0.4) is 0 Å². The normalized spacial score (nSPS) is 14.0. The molecule has 1 amide bonds. The first kappa shape index (κ1) is 26.9. The highest BCUT2D eigenvalue weighted by molar-refractivity contribution is 5.95. The third kappa shape index (κ3) is 5.25. The molecule has 9 nitrogen and oxygen atoms in total. The van der Waals surface area contributed by atoms with Crippen LogP contribution >= 0.6 is 0 Å². The van der Waals surface area contributed by atoms with Crippen LogP contribution in [0.15, 0.2) is 58.3 Å². The van der Waals surface area contributed by atoms with Crippen LogP contribution in [0.1, 0.15) is 34.0 Å². The largest absolute Gasteiger partial charge is 0.462 e. The summed E-state index contributed by atoms with van der Waals surface area (Å²) in [6.45, 7) is 2.94. The molecule has 0 unspecified atom stereocenters. The molecule has 12 heteroatoms. The maximum Gasteiger partial charge on any atom is 0.416 e. The van der Waals surface area contributed by atoms with E-state index in [1.807, 2.05) is 0 Å². The Morgan fingerprint density at radius 3 is 2.37 bits per heavy atom. The fourth-order valence-electron chi connectivity index (χ4n) is 4.19. The molecule has 4 rings (SSSR count). The van der Waals surface area contributed by atoms with Crippen LogP contribution in [-0.2, 0) is 27.0 Å². The molecule has 0 bridgehead atoms. The fraction of sp³-hybridized carbons (Fsp3) is 0.308. The van der Waals surface area contributed by atoms with E-state index in [1.165, 1.54) is 36.1 Å². The lowest BCUT2D eigenvalue weighted by Crippen LogP contribution is -2.42. The summed E-state index contributed by atoms with van der Waals surface area (Å²) in [6, 6.07) is 9.73. The molecule has 0 saturated carbocycles. The SMILES string of the molecule is CCOC(=O)c1cn(-c2ccc(N3CCOCC3=O)cc2)c(=O)n(Cc2cccc(C(F)(F)F)c2C)c1=O. The minimum Gasteiger partial charge on any atom is -0.462 e. The van der Waals surface area contributed by atoms with E-state index >= 15 is 0 Å². The van der Waals surface area contributed by atoms with E-state index in [0.717, 1.165) is 16.8 Å². The summed E-state index contributed by atoms with van der Waals surface area (Å²) in [7, 11) is 0. The molecule has 1 aromatic heterocycles. The van der Waals surface area contributed by atoms with Crippen LogP contribution in [0.5, 0.6) is 0 Å². The minimum absolute atomic E-state index is 0.0353. The Kier molecular flexibility index (Phi) is 7.53. The quantitative estimate of drug-likeness (QED) is 0.454. The lowest BCUT2D eigenvalue weighted by atomic mass is 10.0. The zero-order valence-electron chi connectivity index (χ0n) is 20.6. The molecule has 0 aliphatic carbocycles. The first-order valence-corrected chi connectivity index (χ1v) is 11.7. The first-order chi connectivity index (χ1) is 18.0. The van der Waals surface area contributed by atoms with Crippen molar-refractivity contribution in [1.29, 1.82) is 0 Å². The molecule has 38 heavy (non-hydrogen) atoms. The van der Waals surface area contributed by atoms with E-state index in [4.69, 9.17) is 9.47 Å². The van der Waals surface area contributed by atoms with Crippen LogP contribution in [0.25, 0.3) is 5.69 Å². The second kappa shape index (κ2) is 10.7. The van der Waals surface area contributed by atoms with Gasteiger partial charge in [-0.05, 0) is 55.3 Å². The minimum atomic E-state index is -4.62. The molecule has 1 fully saturated rings. The first-order valence-electron chi connectivity index (χ1n) is 11.7. The Morgan fingerprint density at radius 1 is 1.05 bits per heavy atom. The van der Waals surface area contributed by atoms with Crippen molar-refractivity contribution in [2.45, 2.75) is 26.6 Å². The number of carbonyl (C=O) groups excluding carboxylic acids is 2. The second-order valence-electron chi connectivity index (χ2n) is 8.51. The predicted octanol–water partition coefficient (Wildman–Crippen LogP) is 2.91. The van der Waals surface area contributed by atoms with Crippen LogP contribution in [0.4, 0.5) is 18.9 Å². The monoisotopic (exact) mass is 531 g/mol. The summed E-state index contributed by atoms with van der Waals surface area (Å²) in [5.74, 6) is -1.20. The van der Waals surface area contributed by atoms with E-state index in [2.05, 4.69) is 0 Å². The van der Waals surface area contributed by atoms with Gasteiger partial charge in [0, 0.05) is 18.4 Å². The van der Waals surface area contributed by atoms with Gasteiger partial charge in [0.2, 0.25) is 0 Å². The molecule has 1 aliphatic heterocycles. The Labute approximate surface area is 214 Å². The van der Waals surface area contributed by atoms with Gasteiger partial charge < -0.3 is 14.4 Å². The van der Waals surface area contributed by atoms with E-state index in [0.29, 0.717) is 23.4 Å². The Morgan fingerprint density at radius 2 is 1.74 bits per heavy atom. The van der Waals surface area contributed by atoms with Gasteiger partial charge >= 0.3 is 17.8 Å². The molecule has 1 aliphatic rings. The zero-order chi connectivity index (χ0) is 27.6. The van der Waals surface area contributed by atoms with Crippen LogP contribution in [-0.4, -0.2) is 47.4 Å². The summed E-state index contributed by atoms with van der Waals surface area (Å²) < 4.78 is 52.1. The van der Waals surface area contributed by atoms with Gasteiger partial charge in [-0.1, -0.05) is 12.1 Å². The zero-order valence-corrected chi connectivity index (χ0v) is 20.6. The number of halogens is 3. The Hall–Kier alpha value is -4.19. The third-order valence-corrected chi connectivity index (χ3v) is 6.17. The highest BCUT2D eigenvalue weighted by Crippen LogP contribution is 2.33. The number of hydrogen-bond acceptors (Lipinski definition) is 6. The molecule has 0 N–H and O–H groups in total. The van der Waals surface area contributed by atoms with Gasteiger partial charge in [-0.25, -0.2) is 9.59 Å². The standard InChI is InChI=1S/C26H24F3N3O6/c1-3-38-24(35)20-14-31(19-9-7-18(8-10-19)30-11-12-37-15-22(30)33)25(36)32(23(20)34)13-17-5-4-6-21(16(17)2)26(27,28)29/h4-10,14H,3,11-13,15H2,1-2H3. The fourth-order valence-corrected chi connectivity index (χ4v) is 4.19. The predicted molar refractivity (Wildman–Crippen MR) is 131 cm³/mol. The van der Waals surface area contributed by atoms with E-state index in [1.54, 1.807) is 19.1 Å². The Balaban J connectivity index is 1.82. The molecule has 200 valence electrons. The number of carbonyl (C=O) groups is 2. The number of anilines is 1. The number of alkyl halides is 3. The van der Waals surface area contributed by atoms with Gasteiger partial charge in [0.15, 0.2) is 0 Å². The molecular formula is C26H24F3N3O6. The van der Waals surface area contributed by atoms with Crippen molar-refractivity contribution in [3.63, 3.8) is 0 Å². The van der Waals surface area contributed by atoms with Gasteiger partial charge in [0.25, 0.3) is 11.5 Å². The third-order valence-electron chi connectivity index (χ3n) is 6.17.